The van der Waals surface area contributed by atoms with Crippen LogP contribution in [0.2, 0.25) is 0 Å². The Kier molecular flexibility index (Phi) is 6.36. The van der Waals surface area contributed by atoms with Crippen molar-refractivity contribution in [3.8, 4) is 5.75 Å². The van der Waals surface area contributed by atoms with Crippen molar-refractivity contribution in [2.24, 2.45) is 0 Å². The number of benzene rings is 1. The predicted molar refractivity (Wildman–Crippen MR) is 131 cm³/mol. The molecular formula is C26H30N4O3S. The Hall–Kier alpha value is -2.84. The molecule has 34 heavy (non-hydrogen) atoms. The maximum absolute atomic E-state index is 13.5. The van der Waals surface area contributed by atoms with E-state index in [1.165, 1.54) is 11.8 Å². The van der Waals surface area contributed by atoms with E-state index in [1.807, 2.05) is 44.2 Å². The molecule has 1 aromatic carbocycles. The van der Waals surface area contributed by atoms with Gasteiger partial charge in [0.15, 0.2) is 0 Å². The highest BCUT2D eigenvalue weighted by Gasteiger charge is 2.43. The van der Waals surface area contributed by atoms with Crippen molar-refractivity contribution in [3.05, 3.63) is 70.7 Å². The second-order valence-corrected chi connectivity index (χ2v) is 10.3. The Labute approximate surface area is 204 Å². The zero-order chi connectivity index (χ0) is 23.7. The number of para-hydroxylation sites is 1. The molecule has 0 radical (unpaired) electrons. The van der Waals surface area contributed by atoms with Gasteiger partial charge in [0.25, 0.3) is 5.91 Å². The molecule has 3 aromatic rings. The second kappa shape index (κ2) is 9.43. The van der Waals surface area contributed by atoms with Crippen molar-refractivity contribution < 1.29 is 14.1 Å². The molecular weight excluding hydrogens is 448 g/mol. The Morgan fingerprint density at radius 1 is 1.21 bits per heavy atom. The predicted octanol–water partition coefficient (Wildman–Crippen LogP) is 4.70. The fraction of sp³-hybridized carbons (Fsp3) is 0.423. The number of rotatable bonds is 5. The first kappa shape index (κ1) is 22.9. The van der Waals surface area contributed by atoms with Gasteiger partial charge in [-0.05, 0) is 51.9 Å². The molecule has 1 saturated heterocycles. The van der Waals surface area contributed by atoms with E-state index >= 15 is 0 Å². The summed E-state index contributed by atoms with van der Waals surface area (Å²) >= 11 is 1.53. The van der Waals surface area contributed by atoms with Crippen LogP contribution in [0.5, 0.6) is 5.75 Å². The normalized spacial score (nSPS) is 19.4. The number of likely N-dealkylation sites (tertiary alicyclic amines) is 1. The number of amides is 1. The van der Waals surface area contributed by atoms with E-state index in [1.54, 1.807) is 6.20 Å². The highest BCUT2D eigenvalue weighted by Crippen LogP contribution is 2.44. The highest BCUT2D eigenvalue weighted by atomic mass is 32.2. The number of nitrogens with zero attached hydrogens (tertiary/aromatic N) is 3. The van der Waals surface area contributed by atoms with Gasteiger partial charge in [0, 0.05) is 42.6 Å². The molecule has 0 aliphatic carbocycles. The lowest BCUT2D eigenvalue weighted by Crippen LogP contribution is -2.51. The summed E-state index contributed by atoms with van der Waals surface area (Å²) < 4.78 is 11.8. The molecule has 1 fully saturated rings. The minimum atomic E-state index is -0.241. The van der Waals surface area contributed by atoms with Crippen LogP contribution >= 0.6 is 11.8 Å². The molecule has 1 amide bonds. The summed E-state index contributed by atoms with van der Waals surface area (Å²) in [5.41, 5.74) is 3.29. The maximum atomic E-state index is 13.5. The van der Waals surface area contributed by atoms with Gasteiger partial charge in [0.1, 0.15) is 22.1 Å². The summed E-state index contributed by atoms with van der Waals surface area (Å²) in [6.07, 6.45) is 4.40. The van der Waals surface area contributed by atoms with Gasteiger partial charge in [0.05, 0.1) is 17.3 Å². The molecule has 2 aromatic heterocycles. The number of hydrogen-bond donors (Lipinski definition) is 1. The van der Waals surface area contributed by atoms with Gasteiger partial charge in [0.2, 0.25) is 0 Å². The molecule has 1 unspecified atom stereocenters. The number of carbonyl (C=O) groups excluding carboxylic acids is 1. The van der Waals surface area contributed by atoms with Crippen LogP contribution in [0, 0.1) is 13.8 Å². The number of hydrogen-bond acceptors (Lipinski definition) is 7. The number of thioether (sulfide) groups is 1. The quantitative estimate of drug-likeness (QED) is 0.533. The van der Waals surface area contributed by atoms with Crippen molar-refractivity contribution in [2.75, 3.05) is 20.1 Å². The van der Waals surface area contributed by atoms with Crippen LogP contribution in [0.4, 0.5) is 0 Å². The van der Waals surface area contributed by atoms with Gasteiger partial charge in [-0.2, -0.15) is 0 Å². The standard InChI is InChI=1S/C26H30N4O3S/c1-17-21(18(2)33-29-17)16-34-25-20(8-6-12-27-25)24(31)28-22-15-26(10-13-30(3)14-11-26)32-23-9-5-4-7-19(22)23/h4-9,12,22H,10-11,13-16H2,1-3H3,(H,28,31). The van der Waals surface area contributed by atoms with Crippen molar-refractivity contribution in [1.29, 1.82) is 0 Å². The number of aryl methyl sites for hydroxylation is 2. The van der Waals surface area contributed by atoms with E-state index < -0.39 is 0 Å². The third-order valence-electron chi connectivity index (χ3n) is 6.95. The summed E-state index contributed by atoms with van der Waals surface area (Å²) in [7, 11) is 2.15. The van der Waals surface area contributed by atoms with E-state index in [-0.39, 0.29) is 17.6 Å². The highest BCUT2D eigenvalue weighted by molar-refractivity contribution is 7.98. The lowest BCUT2D eigenvalue weighted by Gasteiger charge is -2.46. The Balaban J connectivity index is 1.37. The van der Waals surface area contributed by atoms with Gasteiger partial charge in [-0.1, -0.05) is 23.4 Å². The van der Waals surface area contributed by atoms with E-state index in [9.17, 15) is 4.79 Å². The van der Waals surface area contributed by atoms with Crippen molar-refractivity contribution in [2.45, 2.75) is 55.5 Å². The van der Waals surface area contributed by atoms with E-state index in [0.29, 0.717) is 16.3 Å². The molecule has 178 valence electrons. The molecule has 4 heterocycles. The molecule has 1 N–H and O–H groups in total. The number of fused-ring (bicyclic) bond motifs is 1. The minimum Gasteiger partial charge on any atom is -0.487 e. The Bertz CT molecular complexity index is 1170. The first-order valence-electron chi connectivity index (χ1n) is 11.7. The first-order chi connectivity index (χ1) is 16.4. The summed E-state index contributed by atoms with van der Waals surface area (Å²) in [6, 6.07) is 11.6. The average Bonchev–Trinajstić information content (AvgIpc) is 3.17. The third kappa shape index (κ3) is 4.57. The van der Waals surface area contributed by atoms with E-state index in [4.69, 9.17) is 9.26 Å². The molecule has 7 nitrogen and oxygen atoms in total. The maximum Gasteiger partial charge on any atom is 0.254 e. The van der Waals surface area contributed by atoms with Gasteiger partial charge in [-0.25, -0.2) is 4.98 Å². The van der Waals surface area contributed by atoms with Crippen LogP contribution in [0.15, 0.2) is 52.1 Å². The molecule has 5 rings (SSSR count). The van der Waals surface area contributed by atoms with Crippen molar-refractivity contribution in [1.82, 2.24) is 20.4 Å². The number of carbonyl (C=O) groups is 1. The summed E-state index contributed by atoms with van der Waals surface area (Å²) in [4.78, 5) is 20.4. The molecule has 0 bridgehead atoms. The van der Waals surface area contributed by atoms with Crippen molar-refractivity contribution in [3.63, 3.8) is 0 Å². The molecule has 2 aliphatic rings. The molecule has 1 atom stereocenters. The van der Waals surface area contributed by atoms with Crippen LogP contribution in [-0.2, 0) is 5.75 Å². The summed E-state index contributed by atoms with van der Waals surface area (Å²) in [6.45, 7) is 5.82. The average molecular weight is 479 g/mol. The van der Waals surface area contributed by atoms with Crippen LogP contribution < -0.4 is 10.1 Å². The minimum absolute atomic E-state index is 0.110. The monoisotopic (exact) mass is 478 g/mol. The third-order valence-corrected chi connectivity index (χ3v) is 7.98. The van der Waals surface area contributed by atoms with E-state index in [2.05, 4.69) is 33.5 Å². The zero-order valence-electron chi connectivity index (χ0n) is 19.8. The summed E-state index contributed by atoms with van der Waals surface area (Å²) in [5.74, 6) is 2.21. The molecule has 0 saturated carbocycles. The van der Waals surface area contributed by atoms with Gasteiger partial charge in [-0.3, -0.25) is 4.79 Å². The van der Waals surface area contributed by atoms with Crippen LogP contribution in [0.25, 0.3) is 0 Å². The Morgan fingerprint density at radius 3 is 2.76 bits per heavy atom. The lowest BCUT2D eigenvalue weighted by molar-refractivity contribution is -0.0195. The second-order valence-electron chi connectivity index (χ2n) is 9.30. The smallest absolute Gasteiger partial charge is 0.254 e. The fourth-order valence-corrected chi connectivity index (χ4v) is 5.99. The molecule has 1 spiro atoms. The van der Waals surface area contributed by atoms with Crippen LogP contribution in [0.3, 0.4) is 0 Å². The lowest BCUT2D eigenvalue weighted by atomic mass is 9.80. The number of ether oxygens (including phenoxy) is 1. The van der Waals surface area contributed by atoms with Crippen LogP contribution in [-0.4, -0.2) is 46.7 Å². The number of pyridine rings is 1. The first-order valence-corrected chi connectivity index (χ1v) is 12.7. The SMILES string of the molecule is Cc1noc(C)c1CSc1ncccc1C(=O)NC1CC2(CCN(C)CC2)Oc2ccccc21. The van der Waals surface area contributed by atoms with Crippen molar-refractivity contribution >= 4 is 17.7 Å². The molecule has 2 aliphatic heterocycles. The van der Waals surface area contributed by atoms with Gasteiger partial charge < -0.3 is 19.5 Å². The topological polar surface area (TPSA) is 80.5 Å². The van der Waals surface area contributed by atoms with Gasteiger partial charge in [-0.15, -0.1) is 11.8 Å². The number of piperidine rings is 1. The van der Waals surface area contributed by atoms with Gasteiger partial charge >= 0.3 is 0 Å². The van der Waals surface area contributed by atoms with Crippen LogP contribution in [0.1, 0.15) is 58.2 Å². The largest absolute Gasteiger partial charge is 0.487 e. The van der Waals surface area contributed by atoms with E-state index in [0.717, 1.165) is 60.7 Å². The fourth-order valence-electron chi connectivity index (χ4n) is 4.84. The molecule has 8 heteroatoms. The summed E-state index contributed by atoms with van der Waals surface area (Å²) in [5, 5.41) is 8.04. The zero-order valence-corrected chi connectivity index (χ0v) is 20.7. The number of nitrogens with one attached hydrogen (secondary N) is 1. The number of aromatic nitrogens is 2. The Morgan fingerprint density at radius 2 is 2.00 bits per heavy atom.